The lowest BCUT2D eigenvalue weighted by Crippen LogP contribution is -2.14. The van der Waals surface area contributed by atoms with Gasteiger partial charge in [0.25, 0.3) is 0 Å². The lowest BCUT2D eigenvalue weighted by atomic mass is 9.81. The molecule has 1 heterocycles. The van der Waals surface area contributed by atoms with Crippen molar-refractivity contribution in [1.82, 2.24) is 8.75 Å². The van der Waals surface area contributed by atoms with E-state index in [4.69, 9.17) is 8.75 Å². The number of benzene rings is 3. The van der Waals surface area contributed by atoms with E-state index in [1.54, 1.807) is 0 Å². The van der Waals surface area contributed by atoms with E-state index in [0.29, 0.717) is 0 Å². The predicted octanol–water partition coefficient (Wildman–Crippen LogP) is 8.32. The highest BCUT2D eigenvalue weighted by Crippen LogP contribution is 2.38. The monoisotopic (exact) mass is 428 g/mol. The molecule has 2 nitrogen and oxygen atoms in total. The van der Waals surface area contributed by atoms with Gasteiger partial charge in [-0.15, -0.1) is 0 Å². The Labute approximate surface area is 190 Å². The molecule has 3 aromatic carbocycles. The molecule has 1 aromatic heterocycles. The average Bonchev–Trinajstić information content (AvgIpc) is 3.22. The van der Waals surface area contributed by atoms with Crippen LogP contribution in [0, 0.1) is 6.92 Å². The SMILES string of the molecule is CCC(C)(C)c1ccc(-c2c(C)cc(-c3ccc(C(C)(C)C)cc3)c3nsnc23)cc1. The molecule has 4 aromatic rings. The van der Waals surface area contributed by atoms with Crippen LogP contribution in [0.1, 0.15) is 64.7 Å². The number of aryl methyl sites for hydroxylation is 1. The van der Waals surface area contributed by atoms with Crippen molar-refractivity contribution in [3.63, 3.8) is 0 Å². The van der Waals surface area contributed by atoms with Crippen molar-refractivity contribution in [2.24, 2.45) is 0 Å². The maximum absolute atomic E-state index is 4.72. The molecule has 0 aliphatic rings. The quantitative estimate of drug-likeness (QED) is 0.326. The molecule has 160 valence electrons. The first-order valence-electron chi connectivity index (χ1n) is 11.1. The Balaban J connectivity index is 1.81. The molecule has 0 radical (unpaired) electrons. The van der Waals surface area contributed by atoms with Gasteiger partial charge in [-0.3, -0.25) is 0 Å². The van der Waals surface area contributed by atoms with Crippen LogP contribution in [-0.2, 0) is 10.8 Å². The van der Waals surface area contributed by atoms with Crippen LogP contribution in [0.25, 0.3) is 33.3 Å². The van der Waals surface area contributed by atoms with E-state index in [2.05, 4.69) is 103 Å². The molecule has 0 bridgehead atoms. The minimum atomic E-state index is 0.147. The van der Waals surface area contributed by atoms with Gasteiger partial charge in [-0.25, -0.2) is 0 Å². The summed E-state index contributed by atoms with van der Waals surface area (Å²) >= 11 is 1.30. The summed E-state index contributed by atoms with van der Waals surface area (Å²) in [6, 6.07) is 20.2. The normalized spacial score (nSPS) is 12.5. The second-order valence-corrected chi connectivity index (χ2v) is 10.7. The van der Waals surface area contributed by atoms with Crippen LogP contribution in [0.5, 0.6) is 0 Å². The van der Waals surface area contributed by atoms with E-state index in [1.807, 2.05) is 0 Å². The van der Waals surface area contributed by atoms with E-state index in [0.717, 1.165) is 23.0 Å². The molecule has 0 saturated carbocycles. The van der Waals surface area contributed by atoms with Crippen LogP contribution in [0.15, 0.2) is 54.6 Å². The Morgan fingerprint density at radius 1 is 0.742 bits per heavy atom. The summed E-state index contributed by atoms with van der Waals surface area (Å²) in [5, 5.41) is 0. The minimum Gasteiger partial charge on any atom is -0.172 e. The number of fused-ring (bicyclic) bond motifs is 1. The predicted molar refractivity (Wildman–Crippen MR) is 135 cm³/mol. The van der Waals surface area contributed by atoms with Gasteiger partial charge in [-0.05, 0) is 58.1 Å². The van der Waals surface area contributed by atoms with Crippen LogP contribution >= 0.6 is 11.7 Å². The third kappa shape index (κ3) is 4.04. The van der Waals surface area contributed by atoms with E-state index >= 15 is 0 Å². The third-order valence-corrected chi connectivity index (χ3v) is 7.16. The summed E-state index contributed by atoms with van der Waals surface area (Å²) in [5.41, 5.74) is 11.0. The third-order valence-electron chi connectivity index (χ3n) is 6.64. The van der Waals surface area contributed by atoms with Crippen LogP contribution in [0.4, 0.5) is 0 Å². The number of hydrogen-bond acceptors (Lipinski definition) is 3. The van der Waals surface area contributed by atoms with Gasteiger partial charge in [0.2, 0.25) is 0 Å². The van der Waals surface area contributed by atoms with E-state index in [-0.39, 0.29) is 10.8 Å². The standard InChI is InChI=1S/C28H32N2S/c1-8-28(6,7)22-15-11-20(12-16-22)24-18(2)17-23(25-26(24)30-31-29-25)19-9-13-21(14-10-19)27(3,4)5/h9-17H,8H2,1-7H3. The minimum absolute atomic E-state index is 0.147. The molecular weight excluding hydrogens is 396 g/mol. The van der Waals surface area contributed by atoms with Crippen molar-refractivity contribution >= 4 is 22.8 Å². The Kier molecular flexibility index (Phi) is 5.51. The van der Waals surface area contributed by atoms with Crippen molar-refractivity contribution in [2.75, 3.05) is 0 Å². The topological polar surface area (TPSA) is 25.8 Å². The van der Waals surface area contributed by atoms with E-state index < -0.39 is 0 Å². The highest BCUT2D eigenvalue weighted by Gasteiger charge is 2.20. The van der Waals surface area contributed by atoms with Gasteiger partial charge < -0.3 is 0 Å². The van der Waals surface area contributed by atoms with Gasteiger partial charge >= 0.3 is 0 Å². The molecule has 0 aliphatic heterocycles. The summed E-state index contributed by atoms with van der Waals surface area (Å²) in [6.07, 6.45) is 1.12. The average molecular weight is 429 g/mol. The highest BCUT2D eigenvalue weighted by molar-refractivity contribution is 7.00. The Morgan fingerprint density at radius 3 is 1.87 bits per heavy atom. The van der Waals surface area contributed by atoms with Gasteiger partial charge in [0.05, 0.1) is 11.7 Å². The van der Waals surface area contributed by atoms with Gasteiger partial charge in [0.15, 0.2) is 0 Å². The van der Waals surface area contributed by atoms with Crippen molar-refractivity contribution in [1.29, 1.82) is 0 Å². The Bertz CT molecular complexity index is 1210. The van der Waals surface area contributed by atoms with Gasteiger partial charge in [-0.1, -0.05) is 90.1 Å². The smallest absolute Gasteiger partial charge is 0.113 e. The molecule has 0 saturated heterocycles. The van der Waals surface area contributed by atoms with E-state index in [1.165, 1.54) is 45.1 Å². The molecule has 3 heteroatoms. The van der Waals surface area contributed by atoms with Crippen LogP contribution < -0.4 is 0 Å². The fourth-order valence-electron chi connectivity index (χ4n) is 4.10. The lowest BCUT2D eigenvalue weighted by molar-refractivity contribution is 0.506. The van der Waals surface area contributed by atoms with Crippen molar-refractivity contribution in [2.45, 2.75) is 65.7 Å². The van der Waals surface area contributed by atoms with Crippen molar-refractivity contribution in [3.05, 3.63) is 71.3 Å². The van der Waals surface area contributed by atoms with E-state index in [9.17, 15) is 0 Å². The first-order chi connectivity index (χ1) is 14.6. The van der Waals surface area contributed by atoms with Crippen LogP contribution in [-0.4, -0.2) is 8.75 Å². The molecule has 0 fully saturated rings. The number of hydrogen-bond donors (Lipinski definition) is 0. The van der Waals surface area contributed by atoms with Crippen molar-refractivity contribution < 1.29 is 0 Å². The Morgan fingerprint density at radius 2 is 1.29 bits per heavy atom. The maximum atomic E-state index is 4.72. The largest absolute Gasteiger partial charge is 0.172 e. The molecule has 0 N–H and O–H groups in total. The summed E-state index contributed by atoms with van der Waals surface area (Å²) in [7, 11) is 0. The van der Waals surface area contributed by atoms with Crippen LogP contribution in [0.2, 0.25) is 0 Å². The molecule has 0 unspecified atom stereocenters. The number of aromatic nitrogens is 2. The zero-order chi connectivity index (χ0) is 22.4. The summed E-state index contributed by atoms with van der Waals surface area (Å²) < 4.78 is 9.41. The zero-order valence-corrected chi connectivity index (χ0v) is 20.5. The number of rotatable bonds is 4. The summed E-state index contributed by atoms with van der Waals surface area (Å²) in [6.45, 7) is 15.8. The zero-order valence-electron chi connectivity index (χ0n) is 19.7. The lowest BCUT2D eigenvalue weighted by Gasteiger charge is -2.23. The van der Waals surface area contributed by atoms with Crippen molar-refractivity contribution in [3.8, 4) is 22.3 Å². The highest BCUT2D eigenvalue weighted by atomic mass is 32.1. The fraction of sp³-hybridized carbons (Fsp3) is 0.357. The molecular formula is C28H32N2S. The molecule has 0 aliphatic carbocycles. The summed E-state index contributed by atoms with van der Waals surface area (Å²) in [4.78, 5) is 0. The first-order valence-corrected chi connectivity index (χ1v) is 11.8. The molecule has 0 amide bonds. The second-order valence-electron chi connectivity index (χ2n) is 10.2. The van der Waals surface area contributed by atoms with Crippen LogP contribution in [0.3, 0.4) is 0 Å². The Hall–Kier alpha value is -2.52. The fourth-order valence-corrected chi connectivity index (χ4v) is 4.67. The molecule has 4 rings (SSSR count). The van der Waals surface area contributed by atoms with Gasteiger partial charge in [-0.2, -0.15) is 8.75 Å². The second kappa shape index (κ2) is 7.87. The number of nitrogens with zero attached hydrogens (tertiary/aromatic N) is 2. The maximum Gasteiger partial charge on any atom is 0.113 e. The molecule has 0 atom stereocenters. The van der Waals surface area contributed by atoms with Gasteiger partial charge in [0, 0.05) is 11.1 Å². The van der Waals surface area contributed by atoms with Gasteiger partial charge in [0.1, 0.15) is 11.0 Å². The summed E-state index contributed by atoms with van der Waals surface area (Å²) in [5.74, 6) is 0. The first kappa shape index (κ1) is 21.7. The molecule has 31 heavy (non-hydrogen) atoms. The molecule has 0 spiro atoms.